The van der Waals surface area contributed by atoms with Gasteiger partial charge >= 0.3 is 0 Å². The largest absolute Gasteiger partial charge is 0.493 e. The number of carbonyl (C=O) groups is 1. The van der Waals surface area contributed by atoms with E-state index in [2.05, 4.69) is 6.07 Å². The summed E-state index contributed by atoms with van der Waals surface area (Å²) in [6.07, 6.45) is 6.81. The van der Waals surface area contributed by atoms with Gasteiger partial charge in [0.25, 0.3) is 0 Å². The highest BCUT2D eigenvalue weighted by Gasteiger charge is 2.58. The first-order chi connectivity index (χ1) is 17.6. The number of hydrogen-bond acceptors (Lipinski definition) is 4. The lowest BCUT2D eigenvalue weighted by Crippen LogP contribution is -2.45. The summed E-state index contributed by atoms with van der Waals surface area (Å²) in [5.74, 6) is 1.33. The number of rotatable bonds is 4. The van der Waals surface area contributed by atoms with Crippen molar-refractivity contribution in [2.24, 2.45) is 0 Å². The fourth-order valence-electron chi connectivity index (χ4n) is 6.07. The Morgan fingerprint density at radius 2 is 1.92 bits per heavy atom. The lowest BCUT2D eigenvalue weighted by atomic mass is 9.74. The van der Waals surface area contributed by atoms with Crippen molar-refractivity contribution in [3.8, 4) is 11.5 Å². The third-order valence-corrected chi connectivity index (χ3v) is 7.83. The fraction of sp³-hybridized carbons (Fsp3) is 0.300. The van der Waals surface area contributed by atoms with Crippen molar-refractivity contribution in [2.45, 2.75) is 30.8 Å². The van der Waals surface area contributed by atoms with Crippen LogP contribution in [0.4, 0.5) is 10.1 Å². The van der Waals surface area contributed by atoms with Gasteiger partial charge in [0.05, 0.1) is 19.3 Å². The highest BCUT2D eigenvalue weighted by atomic mass is 19.1. The average Bonchev–Trinajstić information content (AvgIpc) is 3.68. The zero-order valence-electron chi connectivity index (χ0n) is 19.8. The Balaban J connectivity index is 1.39. The smallest absolute Gasteiger partial charge is 0.245 e. The van der Waals surface area contributed by atoms with E-state index in [1.807, 2.05) is 41.3 Å². The highest BCUT2D eigenvalue weighted by Crippen LogP contribution is 2.55. The molecule has 1 saturated heterocycles. The third kappa shape index (κ3) is 3.21. The van der Waals surface area contributed by atoms with Crippen molar-refractivity contribution in [3.63, 3.8) is 0 Å². The molecular weight excluding hydrogens is 457 g/mol. The molecule has 1 fully saturated rings. The number of fused-ring (bicyclic) bond motifs is 5. The maximum absolute atomic E-state index is 14.4. The van der Waals surface area contributed by atoms with Gasteiger partial charge in [-0.1, -0.05) is 36.4 Å². The van der Waals surface area contributed by atoms with Crippen LogP contribution >= 0.6 is 0 Å². The van der Waals surface area contributed by atoms with E-state index in [1.165, 1.54) is 12.1 Å². The van der Waals surface area contributed by atoms with Crippen LogP contribution in [0, 0.1) is 5.82 Å². The number of halogens is 1. The van der Waals surface area contributed by atoms with E-state index >= 15 is 0 Å². The number of hydrogen-bond donors (Lipinski definition) is 0. The highest BCUT2D eigenvalue weighted by molar-refractivity contribution is 6.13. The molecule has 1 spiro atoms. The van der Waals surface area contributed by atoms with Crippen molar-refractivity contribution in [2.75, 3.05) is 31.3 Å². The van der Waals surface area contributed by atoms with E-state index in [0.29, 0.717) is 18.9 Å². The molecule has 0 radical (unpaired) electrons. The third-order valence-electron chi connectivity index (χ3n) is 7.83. The standard InChI is InChI=1S/C30H26FNO4/c31-22-10-7-19(8-11-22)6-9-20-3-1-5-25-28(20)30(29(33)32(25)17-23-4-2-13-34-23)18-36-27-16-26-21(12-14-35-26)15-24(27)30/h1,3,5-11,15-16,23H,2,4,12-14,17-18H2/t23-,30?/m1/s1. The number of ether oxygens (including phenoxy) is 3. The second kappa shape index (κ2) is 8.20. The Morgan fingerprint density at radius 3 is 2.75 bits per heavy atom. The summed E-state index contributed by atoms with van der Waals surface area (Å²) < 4.78 is 31.3. The minimum Gasteiger partial charge on any atom is -0.493 e. The maximum Gasteiger partial charge on any atom is 0.245 e. The van der Waals surface area contributed by atoms with Gasteiger partial charge in [0.15, 0.2) is 0 Å². The van der Waals surface area contributed by atoms with E-state index in [-0.39, 0.29) is 24.4 Å². The molecular formula is C30H26FNO4. The Labute approximate surface area is 209 Å². The molecule has 0 aliphatic carbocycles. The molecule has 3 aromatic rings. The zero-order chi connectivity index (χ0) is 24.3. The van der Waals surface area contributed by atoms with Crippen LogP contribution in [0.5, 0.6) is 11.5 Å². The lowest BCUT2D eigenvalue weighted by molar-refractivity contribution is -0.122. The molecule has 4 aliphatic heterocycles. The van der Waals surface area contributed by atoms with Crippen LogP contribution in [-0.2, 0) is 21.4 Å². The average molecular weight is 484 g/mol. The van der Waals surface area contributed by atoms with E-state index < -0.39 is 5.41 Å². The predicted octanol–water partition coefficient (Wildman–Crippen LogP) is 5.14. The van der Waals surface area contributed by atoms with Crippen LogP contribution < -0.4 is 14.4 Å². The molecule has 0 bridgehead atoms. The number of carbonyl (C=O) groups excluding carboxylic acids is 1. The number of amides is 1. The summed E-state index contributed by atoms with van der Waals surface area (Å²) in [7, 11) is 0. The lowest BCUT2D eigenvalue weighted by Gasteiger charge is -2.25. The van der Waals surface area contributed by atoms with Gasteiger partial charge in [0.2, 0.25) is 5.91 Å². The van der Waals surface area contributed by atoms with Crippen LogP contribution in [0.3, 0.4) is 0 Å². The summed E-state index contributed by atoms with van der Waals surface area (Å²) >= 11 is 0. The predicted molar refractivity (Wildman–Crippen MR) is 135 cm³/mol. The van der Waals surface area contributed by atoms with Gasteiger partial charge in [0.1, 0.15) is 29.3 Å². The van der Waals surface area contributed by atoms with Crippen molar-refractivity contribution in [1.82, 2.24) is 0 Å². The monoisotopic (exact) mass is 483 g/mol. The second-order valence-corrected chi connectivity index (χ2v) is 9.93. The minimum absolute atomic E-state index is 0.0329. The summed E-state index contributed by atoms with van der Waals surface area (Å²) in [5, 5.41) is 0. The number of benzene rings is 3. The van der Waals surface area contributed by atoms with Crippen molar-refractivity contribution in [1.29, 1.82) is 0 Å². The van der Waals surface area contributed by atoms with Crippen LogP contribution in [0.2, 0.25) is 0 Å². The number of nitrogens with zero attached hydrogens (tertiary/aromatic N) is 1. The number of anilines is 1. The topological polar surface area (TPSA) is 48.0 Å². The molecule has 0 saturated carbocycles. The van der Waals surface area contributed by atoms with Gasteiger partial charge in [0, 0.05) is 35.9 Å². The van der Waals surface area contributed by atoms with Gasteiger partial charge < -0.3 is 19.1 Å². The van der Waals surface area contributed by atoms with Gasteiger partial charge in [-0.15, -0.1) is 0 Å². The fourth-order valence-corrected chi connectivity index (χ4v) is 6.07. The first kappa shape index (κ1) is 21.6. The maximum atomic E-state index is 14.4. The molecule has 5 nitrogen and oxygen atoms in total. The van der Waals surface area contributed by atoms with E-state index in [1.54, 1.807) is 12.1 Å². The summed E-state index contributed by atoms with van der Waals surface area (Å²) in [6.45, 7) is 2.17. The van der Waals surface area contributed by atoms with Crippen molar-refractivity contribution < 1.29 is 23.4 Å². The van der Waals surface area contributed by atoms with E-state index in [9.17, 15) is 9.18 Å². The molecule has 2 atom stereocenters. The molecule has 4 aliphatic rings. The van der Waals surface area contributed by atoms with Gasteiger partial charge in [-0.05, 0) is 53.8 Å². The minimum atomic E-state index is -0.926. The second-order valence-electron chi connectivity index (χ2n) is 9.93. The van der Waals surface area contributed by atoms with Crippen LogP contribution in [0.1, 0.15) is 40.7 Å². The molecule has 0 N–H and O–H groups in total. The Hall–Kier alpha value is -3.64. The van der Waals surface area contributed by atoms with E-state index in [4.69, 9.17) is 14.2 Å². The molecule has 6 heteroatoms. The van der Waals surface area contributed by atoms with Gasteiger partial charge in [-0.25, -0.2) is 4.39 Å². The SMILES string of the molecule is O=C1N(C[C@H]2CCCO2)c2cccc(C=Cc3ccc(F)cc3)c2C12COc1cc3c(cc12)CCO3. The van der Waals surface area contributed by atoms with Gasteiger partial charge in [-0.2, -0.15) is 0 Å². The van der Waals surface area contributed by atoms with E-state index in [0.717, 1.165) is 65.1 Å². The van der Waals surface area contributed by atoms with Crippen LogP contribution in [-0.4, -0.2) is 38.4 Å². The summed E-state index contributed by atoms with van der Waals surface area (Å²) in [5.41, 5.74) is 4.81. The normalized spacial score (nSPS) is 23.8. The summed E-state index contributed by atoms with van der Waals surface area (Å²) in [4.78, 5) is 16.3. The Morgan fingerprint density at radius 1 is 1.03 bits per heavy atom. The van der Waals surface area contributed by atoms with Crippen molar-refractivity contribution >= 4 is 23.7 Å². The molecule has 7 rings (SSSR count). The van der Waals surface area contributed by atoms with Crippen LogP contribution in [0.25, 0.3) is 12.2 Å². The summed E-state index contributed by atoms with van der Waals surface area (Å²) in [6, 6.07) is 16.5. The molecule has 4 heterocycles. The molecule has 1 amide bonds. The molecule has 36 heavy (non-hydrogen) atoms. The Kier molecular flexibility index (Phi) is 4.93. The molecule has 182 valence electrons. The van der Waals surface area contributed by atoms with Crippen molar-refractivity contribution in [3.05, 3.63) is 88.2 Å². The zero-order valence-corrected chi connectivity index (χ0v) is 19.8. The Bertz CT molecular complexity index is 1390. The quantitative estimate of drug-likeness (QED) is 0.483. The molecule has 0 aromatic heterocycles. The molecule has 3 aromatic carbocycles. The van der Waals surface area contributed by atoms with Gasteiger partial charge in [-0.3, -0.25) is 4.79 Å². The van der Waals surface area contributed by atoms with Crippen LogP contribution in [0.15, 0.2) is 54.6 Å². The molecule has 1 unspecified atom stereocenters. The first-order valence-electron chi connectivity index (χ1n) is 12.6. The first-order valence-corrected chi connectivity index (χ1v) is 12.6.